The number of aromatic nitrogens is 3. The van der Waals surface area contributed by atoms with E-state index in [9.17, 15) is 4.39 Å². The van der Waals surface area contributed by atoms with Crippen molar-refractivity contribution in [2.45, 2.75) is 38.6 Å². The molecule has 1 atom stereocenters. The monoisotopic (exact) mass is 487 g/mol. The Balaban J connectivity index is 1.24. The molecule has 0 saturated carbocycles. The number of imidazole rings is 1. The summed E-state index contributed by atoms with van der Waals surface area (Å²) in [5, 5.41) is 6.96. The lowest BCUT2D eigenvalue weighted by molar-refractivity contribution is -0.000226. The van der Waals surface area contributed by atoms with Crippen LogP contribution in [0.15, 0.2) is 55.0 Å². The normalized spacial score (nSPS) is 18.0. The van der Waals surface area contributed by atoms with Gasteiger partial charge in [-0.25, -0.2) is 14.4 Å². The fourth-order valence-corrected chi connectivity index (χ4v) is 5.04. The second-order valence-electron chi connectivity index (χ2n) is 10.1. The first-order valence-corrected chi connectivity index (χ1v) is 12.2. The molecule has 0 amide bonds. The van der Waals surface area contributed by atoms with E-state index in [4.69, 9.17) is 10.5 Å². The molecule has 8 nitrogen and oxygen atoms in total. The maximum atomic E-state index is 13.6. The lowest BCUT2D eigenvalue weighted by Gasteiger charge is -2.40. The van der Waals surface area contributed by atoms with E-state index in [1.807, 2.05) is 30.5 Å². The Morgan fingerprint density at radius 1 is 1.11 bits per heavy atom. The van der Waals surface area contributed by atoms with E-state index in [1.54, 1.807) is 12.4 Å². The SMILES string of the molecule is CC(C)(N)[C@H]1CN(c2ccc(Nc3ccc(-c4cnc5cc(F)ccn45)c4c3CNC4)nc2)CCO1. The number of benzene rings is 1. The number of morpholine rings is 1. The quantitative estimate of drug-likeness (QED) is 0.394. The van der Waals surface area contributed by atoms with Gasteiger partial charge in [-0.15, -0.1) is 0 Å². The minimum atomic E-state index is -0.395. The van der Waals surface area contributed by atoms with Crippen LogP contribution in [0.1, 0.15) is 25.0 Å². The molecule has 6 rings (SSSR count). The number of anilines is 3. The van der Waals surface area contributed by atoms with Crippen molar-refractivity contribution >= 4 is 22.8 Å². The molecule has 0 spiro atoms. The highest BCUT2D eigenvalue weighted by Crippen LogP contribution is 2.35. The molecule has 0 unspecified atom stereocenters. The van der Waals surface area contributed by atoms with Crippen molar-refractivity contribution in [1.29, 1.82) is 0 Å². The van der Waals surface area contributed by atoms with Gasteiger partial charge < -0.3 is 26.0 Å². The maximum Gasteiger partial charge on any atom is 0.140 e. The average Bonchev–Trinajstić information content (AvgIpc) is 3.52. The van der Waals surface area contributed by atoms with Gasteiger partial charge in [0.25, 0.3) is 0 Å². The Kier molecular flexibility index (Phi) is 5.63. The molecule has 36 heavy (non-hydrogen) atoms. The first-order chi connectivity index (χ1) is 17.4. The van der Waals surface area contributed by atoms with E-state index >= 15 is 0 Å². The lowest BCUT2D eigenvalue weighted by Crippen LogP contribution is -2.56. The number of hydrogen-bond acceptors (Lipinski definition) is 7. The van der Waals surface area contributed by atoms with Gasteiger partial charge in [-0.05, 0) is 49.2 Å². The van der Waals surface area contributed by atoms with Gasteiger partial charge in [0.2, 0.25) is 0 Å². The third kappa shape index (κ3) is 4.19. The molecular formula is C27H30FN7O. The highest BCUT2D eigenvalue weighted by atomic mass is 19.1. The summed E-state index contributed by atoms with van der Waals surface area (Å²) in [6.07, 6.45) is 5.41. The van der Waals surface area contributed by atoms with E-state index in [1.165, 1.54) is 23.3 Å². The van der Waals surface area contributed by atoms with Gasteiger partial charge in [-0.3, -0.25) is 4.40 Å². The summed E-state index contributed by atoms with van der Waals surface area (Å²) in [7, 11) is 0. The van der Waals surface area contributed by atoms with Gasteiger partial charge in [0.15, 0.2) is 0 Å². The van der Waals surface area contributed by atoms with Crippen LogP contribution in [0.2, 0.25) is 0 Å². The molecule has 1 aromatic carbocycles. The van der Waals surface area contributed by atoms with Crippen molar-refractivity contribution < 1.29 is 9.13 Å². The van der Waals surface area contributed by atoms with Gasteiger partial charge in [0, 0.05) is 55.2 Å². The summed E-state index contributed by atoms with van der Waals surface area (Å²) in [6.45, 7) is 7.74. The minimum absolute atomic E-state index is 0.0235. The molecule has 2 aliphatic heterocycles. The maximum absolute atomic E-state index is 13.6. The molecule has 5 heterocycles. The average molecular weight is 488 g/mol. The third-order valence-corrected chi connectivity index (χ3v) is 7.06. The third-order valence-electron chi connectivity index (χ3n) is 7.06. The number of fused-ring (bicyclic) bond motifs is 2. The molecule has 1 fully saturated rings. The van der Waals surface area contributed by atoms with E-state index < -0.39 is 5.54 Å². The van der Waals surface area contributed by atoms with E-state index in [0.29, 0.717) is 12.3 Å². The molecule has 2 aliphatic rings. The van der Waals surface area contributed by atoms with E-state index in [2.05, 4.69) is 43.7 Å². The Hall–Kier alpha value is -3.53. The van der Waals surface area contributed by atoms with Crippen molar-refractivity contribution in [3.63, 3.8) is 0 Å². The van der Waals surface area contributed by atoms with E-state index in [-0.39, 0.29) is 11.9 Å². The fourth-order valence-electron chi connectivity index (χ4n) is 5.04. The zero-order chi connectivity index (χ0) is 24.9. The molecule has 186 valence electrons. The van der Waals surface area contributed by atoms with Crippen molar-refractivity contribution in [3.05, 3.63) is 71.9 Å². The predicted molar refractivity (Wildman–Crippen MR) is 139 cm³/mol. The Labute approximate surface area is 209 Å². The smallest absolute Gasteiger partial charge is 0.140 e. The number of nitrogens with zero attached hydrogens (tertiary/aromatic N) is 4. The standard InChI is InChI=1S/C27H30FN7O/c1-27(2,29)24-16-34(9-10-36-24)18-3-6-25(31-12-18)33-22-5-4-19(20-13-30-14-21(20)22)23-15-32-26-11-17(28)7-8-35(23)26/h3-8,11-12,15,24,30H,9-10,13-14,16,29H2,1-2H3,(H,31,33)/t24-/m1/s1. The van der Waals surface area contributed by atoms with Crippen molar-refractivity contribution in [2.24, 2.45) is 5.73 Å². The number of halogens is 1. The van der Waals surface area contributed by atoms with Crippen LogP contribution in [0.4, 0.5) is 21.6 Å². The number of rotatable bonds is 5. The summed E-state index contributed by atoms with van der Waals surface area (Å²) in [4.78, 5) is 11.4. The zero-order valence-electron chi connectivity index (χ0n) is 20.5. The summed E-state index contributed by atoms with van der Waals surface area (Å²) < 4.78 is 21.4. The van der Waals surface area contributed by atoms with Crippen molar-refractivity contribution in [1.82, 2.24) is 19.7 Å². The van der Waals surface area contributed by atoms with Gasteiger partial charge in [0.05, 0.1) is 36.5 Å². The Bertz CT molecular complexity index is 1410. The van der Waals surface area contributed by atoms with Crippen molar-refractivity contribution in [2.75, 3.05) is 29.9 Å². The first-order valence-electron chi connectivity index (χ1n) is 12.2. The number of pyridine rings is 2. The molecule has 4 N–H and O–H groups in total. The Morgan fingerprint density at radius 3 is 2.78 bits per heavy atom. The largest absolute Gasteiger partial charge is 0.373 e. The molecule has 0 bridgehead atoms. The summed E-state index contributed by atoms with van der Waals surface area (Å²) in [6, 6.07) is 11.2. The number of hydrogen-bond donors (Lipinski definition) is 3. The van der Waals surface area contributed by atoms with Crippen LogP contribution in [-0.4, -0.2) is 45.7 Å². The predicted octanol–water partition coefficient (Wildman–Crippen LogP) is 3.82. The number of ether oxygens (including phenoxy) is 1. The molecule has 0 radical (unpaired) electrons. The fraction of sp³-hybridized carbons (Fsp3) is 0.333. The highest BCUT2D eigenvalue weighted by molar-refractivity contribution is 5.75. The second-order valence-corrected chi connectivity index (χ2v) is 10.1. The topological polar surface area (TPSA) is 92.7 Å². The van der Waals surface area contributed by atoms with Crippen LogP contribution in [0.25, 0.3) is 16.9 Å². The van der Waals surface area contributed by atoms with Crippen LogP contribution >= 0.6 is 0 Å². The molecular weight excluding hydrogens is 457 g/mol. The van der Waals surface area contributed by atoms with Crippen LogP contribution in [0.3, 0.4) is 0 Å². The molecule has 4 aromatic rings. The Morgan fingerprint density at radius 2 is 1.97 bits per heavy atom. The van der Waals surface area contributed by atoms with Crippen LogP contribution in [0, 0.1) is 5.82 Å². The molecule has 3 aromatic heterocycles. The van der Waals surface area contributed by atoms with E-state index in [0.717, 1.165) is 54.6 Å². The van der Waals surface area contributed by atoms with Crippen LogP contribution in [-0.2, 0) is 17.8 Å². The van der Waals surface area contributed by atoms with Crippen molar-refractivity contribution in [3.8, 4) is 11.3 Å². The van der Waals surface area contributed by atoms with Gasteiger partial charge in [-0.1, -0.05) is 6.07 Å². The number of nitrogens with one attached hydrogen (secondary N) is 2. The van der Waals surface area contributed by atoms with Gasteiger partial charge in [-0.2, -0.15) is 0 Å². The van der Waals surface area contributed by atoms with Gasteiger partial charge in [0.1, 0.15) is 17.3 Å². The minimum Gasteiger partial charge on any atom is -0.373 e. The lowest BCUT2D eigenvalue weighted by atomic mass is 9.97. The first kappa shape index (κ1) is 22.9. The molecule has 1 saturated heterocycles. The summed E-state index contributed by atoms with van der Waals surface area (Å²) >= 11 is 0. The molecule has 9 heteroatoms. The molecule has 0 aliphatic carbocycles. The summed E-state index contributed by atoms with van der Waals surface area (Å²) in [5.41, 5.74) is 13.0. The van der Waals surface area contributed by atoms with Crippen LogP contribution in [0.5, 0.6) is 0 Å². The summed E-state index contributed by atoms with van der Waals surface area (Å²) in [5.74, 6) is 0.496. The van der Waals surface area contributed by atoms with Crippen LogP contribution < -0.4 is 21.3 Å². The second kappa shape index (κ2) is 8.85. The van der Waals surface area contributed by atoms with Gasteiger partial charge >= 0.3 is 0 Å². The highest BCUT2D eigenvalue weighted by Gasteiger charge is 2.31. The zero-order valence-corrected chi connectivity index (χ0v) is 20.5. The number of nitrogens with two attached hydrogens (primary N) is 1.